The molecule has 0 fully saturated rings. The second kappa shape index (κ2) is 36.4. The Morgan fingerprint density at radius 1 is 0.333 bits per heavy atom. The van der Waals surface area contributed by atoms with Gasteiger partial charge in [-0.3, -0.25) is 0 Å². The molecule has 2 heteroatoms. The quantitative estimate of drug-likeness (QED) is 0.0536. The second-order valence-electron chi connectivity index (χ2n) is 16.5. The van der Waals surface area contributed by atoms with Crippen LogP contribution in [0.3, 0.4) is 0 Å². The van der Waals surface area contributed by atoms with Crippen LogP contribution in [0.5, 0.6) is 0 Å². The first-order valence-corrected chi connectivity index (χ1v) is 23.8. The zero-order valence-corrected chi connectivity index (χ0v) is 36.9. The van der Waals surface area contributed by atoms with Crippen LogP contribution in [-0.4, -0.2) is 0 Å². The summed E-state index contributed by atoms with van der Waals surface area (Å²) in [5.41, 5.74) is 10.1. The van der Waals surface area contributed by atoms with E-state index in [2.05, 4.69) is 41.5 Å². The largest absolute Gasteiger partial charge is 0.344 e. The molecule has 1 aromatic rings. The van der Waals surface area contributed by atoms with Gasteiger partial charge in [-0.2, -0.15) is 0 Å². The molecule has 0 heterocycles. The molecule has 3 N–H and O–H groups in total. The van der Waals surface area contributed by atoms with E-state index >= 15 is 0 Å². The molecule has 0 amide bonds. The fourth-order valence-corrected chi connectivity index (χ4v) is 8.95. The summed E-state index contributed by atoms with van der Waals surface area (Å²) in [6, 6.07) is 0. The van der Waals surface area contributed by atoms with E-state index in [1.165, 1.54) is 231 Å². The van der Waals surface area contributed by atoms with Gasteiger partial charge in [-0.1, -0.05) is 207 Å². The molecule has 0 spiro atoms. The third-order valence-corrected chi connectivity index (χ3v) is 12.0. The van der Waals surface area contributed by atoms with Crippen molar-refractivity contribution in [1.29, 1.82) is 0 Å². The highest BCUT2D eigenvalue weighted by Crippen LogP contribution is 2.38. The van der Waals surface area contributed by atoms with Gasteiger partial charge in [0.25, 0.3) is 0 Å². The van der Waals surface area contributed by atoms with E-state index in [4.69, 9.17) is 11.6 Å². The molecule has 1 unspecified atom stereocenters. The van der Waals surface area contributed by atoms with Crippen LogP contribution in [0, 0.1) is 6.92 Å². The monoisotopic (exact) mass is 732 g/mol. The molecule has 302 valence electrons. The predicted octanol–water partition coefficient (Wildman–Crippen LogP) is 18.2. The summed E-state index contributed by atoms with van der Waals surface area (Å²) in [7, 11) is 0. The first-order chi connectivity index (χ1) is 24.5. The van der Waals surface area contributed by atoms with Crippen molar-refractivity contribution < 1.29 is 0 Å². The van der Waals surface area contributed by atoms with Gasteiger partial charge in [0.05, 0.1) is 5.38 Å². The molecule has 0 aliphatic carbocycles. The van der Waals surface area contributed by atoms with E-state index in [0.29, 0.717) is 0 Å². The minimum absolute atomic E-state index is 0. The Morgan fingerprint density at radius 2 is 0.549 bits per heavy atom. The Hall–Kier alpha value is -0.530. The van der Waals surface area contributed by atoms with Gasteiger partial charge >= 0.3 is 0 Å². The van der Waals surface area contributed by atoms with Crippen molar-refractivity contribution in [2.75, 3.05) is 0 Å². The maximum Gasteiger partial charge on any atom is 0.0562 e. The van der Waals surface area contributed by atoms with Gasteiger partial charge in [0.2, 0.25) is 0 Å². The molecular formula is C49H94ClN. The maximum absolute atomic E-state index is 7.21. The lowest BCUT2D eigenvalue weighted by molar-refractivity contribution is 0.563. The molecule has 0 aromatic heterocycles. The van der Waals surface area contributed by atoms with E-state index in [-0.39, 0.29) is 11.5 Å². The lowest BCUT2D eigenvalue weighted by atomic mass is 9.79. The Bertz CT molecular complexity index is 889. The van der Waals surface area contributed by atoms with E-state index in [0.717, 1.165) is 0 Å². The zero-order chi connectivity index (χ0) is 36.5. The lowest BCUT2D eigenvalue weighted by Crippen LogP contribution is -2.14. The van der Waals surface area contributed by atoms with Crippen molar-refractivity contribution >= 4 is 11.6 Å². The van der Waals surface area contributed by atoms with Crippen LogP contribution in [0.25, 0.3) is 0 Å². The number of halogens is 1. The highest BCUT2D eigenvalue weighted by molar-refractivity contribution is 6.20. The van der Waals surface area contributed by atoms with E-state index in [1.54, 1.807) is 33.4 Å². The molecule has 0 radical (unpaired) electrons. The third kappa shape index (κ3) is 24.5. The highest BCUT2D eigenvalue weighted by Gasteiger charge is 2.23. The van der Waals surface area contributed by atoms with Crippen molar-refractivity contribution in [2.45, 2.75) is 278 Å². The molecular weight excluding hydrogens is 638 g/mol. The lowest BCUT2D eigenvalue weighted by Gasteiger charge is -2.27. The fraction of sp³-hybridized carbons (Fsp3) is 0.878. The smallest absolute Gasteiger partial charge is 0.0562 e. The summed E-state index contributed by atoms with van der Waals surface area (Å²) in [6.07, 6.45) is 49.9. The van der Waals surface area contributed by atoms with E-state index in [1.807, 2.05) is 0 Å². The van der Waals surface area contributed by atoms with Gasteiger partial charge in [0, 0.05) is 0 Å². The van der Waals surface area contributed by atoms with Crippen molar-refractivity contribution in [2.24, 2.45) is 0 Å². The maximum atomic E-state index is 7.21. The summed E-state index contributed by atoms with van der Waals surface area (Å²) >= 11 is 7.21. The standard InChI is InChI=1S/C49H91Cl.H3N/c1-7-11-15-19-23-27-31-35-39-45-43(5)49(44(6)50)48(42-38-34-30-26-22-18-14-10-4)47(41-37-33-29-25-21-17-13-9-3)46(45)40-36-32-28-24-20-16-12-8-2;/h44H,7-42H2,1-6H3;1H3. The fourth-order valence-electron chi connectivity index (χ4n) is 8.65. The van der Waals surface area contributed by atoms with Gasteiger partial charge in [-0.15, -0.1) is 11.6 Å². The molecule has 1 atom stereocenters. The Balaban J connectivity index is 0.0000250. The number of rotatable bonds is 37. The van der Waals surface area contributed by atoms with Crippen molar-refractivity contribution in [3.05, 3.63) is 33.4 Å². The van der Waals surface area contributed by atoms with Crippen LogP contribution < -0.4 is 6.15 Å². The molecule has 0 saturated carbocycles. The molecule has 0 aliphatic rings. The minimum Gasteiger partial charge on any atom is -0.344 e. The Morgan fingerprint density at radius 3 is 0.824 bits per heavy atom. The predicted molar refractivity (Wildman–Crippen MR) is 236 cm³/mol. The summed E-state index contributed by atoms with van der Waals surface area (Å²) < 4.78 is 0. The molecule has 0 aliphatic heterocycles. The van der Waals surface area contributed by atoms with Crippen LogP contribution in [0.15, 0.2) is 0 Å². The topological polar surface area (TPSA) is 35.0 Å². The first-order valence-electron chi connectivity index (χ1n) is 23.3. The van der Waals surface area contributed by atoms with Crippen LogP contribution in [0.4, 0.5) is 0 Å². The van der Waals surface area contributed by atoms with Crippen molar-refractivity contribution in [3.8, 4) is 0 Å². The number of benzene rings is 1. The van der Waals surface area contributed by atoms with Crippen molar-refractivity contribution in [1.82, 2.24) is 6.15 Å². The van der Waals surface area contributed by atoms with Gasteiger partial charge in [0.15, 0.2) is 0 Å². The zero-order valence-electron chi connectivity index (χ0n) is 36.1. The van der Waals surface area contributed by atoms with Crippen LogP contribution in [0.1, 0.15) is 279 Å². The van der Waals surface area contributed by atoms with Crippen LogP contribution in [0.2, 0.25) is 0 Å². The van der Waals surface area contributed by atoms with Gasteiger partial charge in [-0.25, -0.2) is 0 Å². The third-order valence-electron chi connectivity index (χ3n) is 11.8. The normalized spacial score (nSPS) is 12.1. The van der Waals surface area contributed by atoms with Gasteiger partial charge in [-0.05, 0) is 98.6 Å². The highest BCUT2D eigenvalue weighted by atomic mass is 35.5. The molecule has 0 bridgehead atoms. The molecule has 1 aromatic carbocycles. The van der Waals surface area contributed by atoms with Gasteiger partial charge < -0.3 is 6.15 Å². The summed E-state index contributed by atoms with van der Waals surface area (Å²) in [5, 5.41) is 0.103. The first kappa shape index (κ1) is 50.5. The van der Waals surface area contributed by atoms with E-state index in [9.17, 15) is 0 Å². The summed E-state index contributed by atoms with van der Waals surface area (Å²) in [4.78, 5) is 0. The minimum atomic E-state index is 0. The van der Waals surface area contributed by atoms with Gasteiger partial charge in [0.1, 0.15) is 0 Å². The van der Waals surface area contributed by atoms with Crippen LogP contribution >= 0.6 is 11.6 Å². The molecule has 1 nitrogen and oxygen atoms in total. The Labute approximate surface area is 328 Å². The average molecular weight is 733 g/mol. The molecule has 51 heavy (non-hydrogen) atoms. The summed E-state index contributed by atoms with van der Waals surface area (Å²) in [5.74, 6) is 0. The van der Waals surface area contributed by atoms with Crippen molar-refractivity contribution in [3.63, 3.8) is 0 Å². The SMILES string of the molecule is CCCCCCCCCCc1c(C)c(C(C)Cl)c(CCCCCCCCCC)c(CCCCCCCCCC)c1CCCCCCCCCC.N. The number of hydrogen-bond acceptors (Lipinski definition) is 1. The Kier molecular flexibility index (Phi) is 36.1. The average Bonchev–Trinajstić information content (AvgIpc) is 3.10. The van der Waals surface area contributed by atoms with E-state index < -0.39 is 0 Å². The summed E-state index contributed by atoms with van der Waals surface area (Å²) in [6.45, 7) is 14.1. The van der Waals surface area contributed by atoms with Crippen LogP contribution in [-0.2, 0) is 25.7 Å². The molecule has 0 saturated heterocycles. The second-order valence-corrected chi connectivity index (χ2v) is 17.1. The number of hydrogen-bond donors (Lipinski definition) is 1. The number of alkyl halides is 1. The number of unbranched alkanes of at least 4 members (excludes halogenated alkanes) is 28. The molecule has 1 rings (SSSR count).